The van der Waals surface area contributed by atoms with Crippen LogP contribution in [0.25, 0.3) is 0 Å². The molecule has 2 rings (SSSR count). The second-order valence-corrected chi connectivity index (χ2v) is 7.07. The molecule has 126 valence electrons. The van der Waals surface area contributed by atoms with Crippen LogP contribution >= 0.6 is 11.8 Å². The number of hydrogen-bond acceptors (Lipinski definition) is 4. The Morgan fingerprint density at radius 3 is 2.65 bits per heavy atom. The number of nitrogens with zero attached hydrogens (tertiary/aromatic N) is 1. The number of carboxylic acid groups (broad SMARTS) is 1. The number of rotatable bonds is 6. The van der Waals surface area contributed by atoms with E-state index in [9.17, 15) is 9.59 Å². The van der Waals surface area contributed by atoms with E-state index in [0.717, 1.165) is 5.75 Å². The fourth-order valence-corrected chi connectivity index (χ4v) is 3.73. The highest BCUT2D eigenvalue weighted by molar-refractivity contribution is 7.99. The van der Waals surface area contributed by atoms with Gasteiger partial charge in [0.1, 0.15) is 0 Å². The molecule has 1 N–H and O–H groups in total. The highest BCUT2D eigenvalue weighted by Gasteiger charge is 2.33. The summed E-state index contributed by atoms with van der Waals surface area (Å²) in [6, 6.07) is 10.0. The van der Waals surface area contributed by atoms with Crippen LogP contribution in [0, 0.1) is 5.92 Å². The molecule has 1 aliphatic rings. The van der Waals surface area contributed by atoms with Crippen LogP contribution in [-0.4, -0.2) is 52.9 Å². The third kappa shape index (κ3) is 4.97. The van der Waals surface area contributed by atoms with Gasteiger partial charge in [-0.05, 0) is 11.5 Å². The number of carboxylic acids is 1. The van der Waals surface area contributed by atoms with E-state index in [1.54, 1.807) is 16.7 Å². The summed E-state index contributed by atoms with van der Waals surface area (Å²) in [6.45, 7) is 4.91. The zero-order chi connectivity index (χ0) is 16.8. The molecule has 0 saturated carbocycles. The molecular formula is C17H23NO4S. The van der Waals surface area contributed by atoms with Gasteiger partial charge in [0.2, 0.25) is 5.91 Å². The Balaban J connectivity index is 1.99. The standard InChI is InChI=1S/C17H23NO4S/c1-12(2)15(23-11-13-6-4-3-5-7-13)16(19)18-8-9-22-14(10-18)17(20)21/h3-7,12,14-15H,8-11H2,1-2H3,(H,20,21). The summed E-state index contributed by atoms with van der Waals surface area (Å²) < 4.78 is 5.19. The monoisotopic (exact) mass is 337 g/mol. The fourth-order valence-electron chi connectivity index (χ4n) is 2.49. The van der Waals surface area contributed by atoms with Crippen LogP contribution in [0.1, 0.15) is 19.4 Å². The number of thioether (sulfide) groups is 1. The molecular weight excluding hydrogens is 314 g/mol. The summed E-state index contributed by atoms with van der Waals surface area (Å²) in [7, 11) is 0. The van der Waals surface area contributed by atoms with Crippen molar-refractivity contribution in [2.24, 2.45) is 5.92 Å². The quantitative estimate of drug-likeness (QED) is 0.862. The van der Waals surface area contributed by atoms with Crippen LogP contribution in [-0.2, 0) is 20.1 Å². The first-order valence-electron chi connectivity index (χ1n) is 7.77. The number of aliphatic carboxylic acids is 1. The Hall–Kier alpha value is -1.53. The van der Waals surface area contributed by atoms with Crippen molar-refractivity contribution in [1.82, 2.24) is 4.90 Å². The van der Waals surface area contributed by atoms with Crippen molar-refractivity contribution in [3.05, 3.63) is 35.9 Å². The van der Waals surface area contributed by atoms with Crippen molar-refractivity contribution >= 4 is 23.6 Å². The van der Waals surface area contributed by atoms with E-state index in [1.807, 2.05) is 44.2 Å². The summed E-state index contributed by atoms with van der Waals surface area (Å²) in [5, 5.41) is 8.89. The average molecular weight is 337 g/mol. The van der Waals surface area contributed by atoms with Crippen molar-refractivity contribution < 1.29 is 19.4 Å². The van der Waals surface area contributed by atoms with E-state index >= 15 is 0 Å². The maximum atomic E-state index is 12.8. The van der Waals surface area contributed by atoms with Gasteiger partial charge in [0.15, 0.2) is 6.10 Å². The fraction of sp³-hybridized carbons (Fsp3) is 0.529. The highest BCUT2D eigenvalue weighted by atomic mass is 32.2. The van der Waals surface area contributed by atoms with Crippen LogP contribution < -0.4 is 0 Å². The Labute approximate surface area is 141 Å². The first-order valence-corrected chi connectivity index (χ1v) is 8.82. The molecule has 0 aliphatic carbocycles. The SMILES string of the molecule is CC(C)C(SCc1ccccc1)C(=O)N1CCOC(C(=O)O)C1. The topological polar surface area (TPSA) is 66.8 Å². The van der Waals surface area contributed by atoms with Gasteiger partial charge in [-0.2, -0.15) is 0 Å². The summed E-state index contributed by atoms with van der Waals surface area (Å²) in [5.41, 5.74) is 1.18. The molecule has 23 heavy (non-hydrogen) atoms. The zero-order valence-electron chi connectivity index (χ0n) is 13.5. The van der Waals surface area contributed by atoms with Gasteiger partial charge >= 0.3 is 5.97 Å². The van der Waals surface area contributed by atoms with Gasteiger partial charge in [-0.15, -0.1) is 11.8 Å². The number of benzene rings is 1. The Kier molecular flexibility index (Phi) is 6.47. The predicted molar refractivity (Wildman–Crippen MR) is 90.3 cm³/mol. The van der Waals surface area contributed by atoms with Crippen LogP contribution in [0.3, 0.4) is 0 Å². The second-order valence-electron chi connectivity index (χ2n) is 5.94. The molecule has 1 fully saturated rings. The van der Waals surface area contributed by atoms with Gasteiger partial charge in [-0.1, -0.05) is 44.2 Å². The molecule has 0 radical (unpaired) electrons. The number of carbonyl (C=O) groups is 2. The van der Waals surface area contributed by atoms with Crippen molar-refractivity contribution in [3.8, 4) is 0 Å². The maximum absolute atomic E-state index is 12.8. The van der Waals surface area contributed by atoms with E-state index in [2.05, 4.69) is 0 Å². The van der Waals surface area contributed by atoms with Crippen molar-refractivity contribution in [2.45, 2.75) is 31.0 Å². The first kappa shape index (κ1) is 17.8. The predicted octanol–water partition coefficient (Wildman–Crippen LogP) is 2.26. The summed E-state index contributed by atoms with van der Waals surface area (Å²) in [5.74, 6) is -0.0550. The van der Waals surface area contributed by atoms with Crippen LogP contribution in [0.5, 0.6) is 0 Å². The molecule has 0 spiro atoms. The lowest BCUT2D eigenvalue weighted by Crippen LogP contribution is -2.51. The van der Waals surface area contributed by atoms with Gasteiger partial charge in [-0.3, -0.25) is 4.79 Å². The molecule has 2 unspecified atom stereocenters. The number of morpholine rings is 1. The van der Waals surface area contributed by atoms with E-state index in [-0.39, 0.29) is 30.2 Å². The van der Waals surface area contributed by atoms with Gasteiger partial charge in [0, 0.05) is 12.3 Å². The molecule has 1 aliphatic heterocycles. The minimum Gasteiger partial charge on any atom is -0.479 e. The molecule has 0 aromatic heterocycles. The smallest absolute Gasteiger partial charge is 0.334 e. The minimum atomic E-state index is -1.01. The maximum Gasteiger partial charge on any atom is 0.334 e. The molecule has 2 atom stereocenters. The summed E-state index contributed by atoms with van der Waals surface area (Å²) in [6.07, 6.45) is -0.917. The van der Waals surface area contributed by atoms with Crippen molar-refractivity contribution in [3.63, 3.8) is 0 Å². The van der Waals surface area contributed by atoms with Crippen LogP contribution in [0.4, 0.5) is 0 Å². The lowest BCUT2D eigenvalue weighted by Gasteiger charge is -2.34. The zero-order valence-corrected chi connectivity index (χ0v) is 14.3. The molecule has 1 aromatic carbocycles. The first-order chi connectivity index (χ1) is 11.0. The van der Waals surface area contributed by atoms with Gasteiger partial charge in [0.25, 0.3) is 0 Å². The van der Waals surface area contributed by atoms with Crippen molar-refractivity contribution in [1.29, 1.82) is 0 Å². The number of ether oxygens (including phenoxy) is 1. The number of amides is 1. The molecule has 5 nitrogen and oxygen atoms in total. The summed E-state index contributed by atoms with van der Waals surface area (Å²) in [4.78, 5) is 25.5. The van der Waals surface area contributed by atoms with Crippen LogP contribution in [0.15, 0.2) is 30.3 Å². The van der Waals surface area contributed by atoms with Gasteiger partial charge in [-0.25, -0.2) is 4.79 Å². The van der Waals surface area contributed by atoms with E-state index in [0.29, 0.717) is 6.54 Å². The number of hydrogen-bond donors (Lipinski definition) is 1. The van der Waals surface area contributed by atoms with Gasteiger partial charge < -0.3 is 14.7 Å². The Morgan fingerprint density at radius 2 is 2.04 bits per heavy atom. The average Bonchev–Trinajstić information content (AvgIpc) is 2.55. The summed E-state index contributed by atoms with van der Waals surface area (Å²) >= 11 is 1.61. The van der Waals surface area contributed by atoms with Crippen molar-refractivity contribution in [2.75, 3.05) is 19.7 Å². The number of carbonyl (C=O) groups excluding carboxylic acids is 1. The van der Waals surface area contributed by atoms with E-state index in [4.69, 9.17) is 9.84 Å². The Morgan fingerprint density at radius 1 is 1.35 bits per heavy atom. The third-order valence-corrected chi connectivity index (χ3v) is 5.38. The Bertz CT molecular complexity index is 535. The van der Waals surface area contributed by atoms with Gasteiger partial charge in [0.05, 0.1) is 18.4 Å². The molecule has 1 amide bonds. The molecule has 0 bridgehead atoms. The van der Waals surface area contributed by atoms with E-state index < -0.39 is 12.1 Å². The highest BCUT2D eigenvalue weighted by Crippen LogP contribution is 2.26. The van der Waals surface area contributed by atoms with Crippen LogP contribution in [0.2, 0.25) is 0 Å². The second kappa shape index (κ2) is 8.36. The lowest BCUT2D eigenvalue weighted by molar-refractivity contribution is -0.159. The minimum absolute atomic E-state index is 0.00970. The molecule has 1 heterocycles. The molecule has 1 saturated heterocycles. The molecule has 6 heteroatoms. The third-order valence-electron chi connectivity index (χ3n) is 3.77. The lowest BCUT2D eigenvalue weighted by atomic mass is 10.1. The normalized spacial score (nSPS) is 19.6. The largest absolute Gasteiger partial charge is 0.479 e. The van der Waals surface area contributed by atoms with E-state index in [1.165, 1.54) is 5.56 Å². The molecule has 1 aromatic rings.